The van der Waals surface area contributed by atoms with Crippen LogP contribution in [0, 0.1) is 0 Å². The number of rotatable bonds is 5. The first-order valence-electron chi connectivity index (χ1n) is 5.79. The quantitative estimate of drug-likeness (QED) is 0.800. The largest absolute Gasteiger partial charge is 0.394 e. The fourth-order valence-electron chi connectivity index (χ4n) is 1.51. The monoisotopic (exact) mass is 221 g/mol. The van der Waals surface area contributed by atoms with Crippen LogP contribution in [0.1, 0.15) is 33.3 Å². The average Bonchev–Trinajstić information content (AvgIpc) is 2.28. The van der Waals surface area contributed by atoms with E-state index >= 15 is 0 Å². The van der Waals surface area contributed by atoms with Crippen molar-refractivity contribution in [3.05, 3.63) is 35.9 Å². The van der Waals surface area contributed by atoms with Gasteiger partial charge in [0.05, 0.1) is 6.61 Å². The van der Waals surface area contributed by atoms with Crippen molar-refractivity contribution in [1.82, 2.24) is 5.32 Å². The highest BCUT2D eigenvalue weighted by Crippen LogP contribution is 2.22. The maximum Gasteiger partial charge on any atom is 0.0607 e. The van der Waals surface area contributed by atoms with Gasteiger partial charge in [0.2, 0.25) is 0 Å². The Balaban J connectivity index is 2.66. The topological polar surface area (TPSA) is 32.3 Å². The number of benzene rings is 1. The molecule has 0 saturated heterocycles. The summed E-state index contributed by atoms with van der Waals surface area (Å²) >= 11 is 0. The van der Waals surface area contributed by atoms with Gasteiger partial charge in [-0.2, -0.15) is 0 Å². The van der Waals surface area contributed by atoms with Gasteiger partial charge >= 0.3 is 0 Å². The molecule has 90 valence electrons. The second kappa shape index (κ2) is 4.98. The second-order valence-electron chi connectivity index (χ2n) is 5.65. The van der Waals surface area contributed by atoms with E-state index < -0.39 is 0 Å². The Hall–Kier alpha value is -0.860. The Morgan fingerprint density at radius 3 is 2.12 bits per heavy atom. The molecule has 0 heterocycles. The molecule has 2 heteroatoms. The molecule has 0 aliphatic carbocycles. The molecule has 1 aromatic carbocycles. The third kappa shape index (κ3) is 3.62. The van der Waals surface area contributed by atoms with Crippen LogP contribution in [0.15, 0.2) is 30.3 Å². The van der Waals surface area contributed by atoms with Gasteiger partial charge in [-0.1, -0.05) is 44.2 Å². The van der Waals surface area contributed by atoms with Crippen LogP contribution in [0.2, 0.25) is 0 Å². The molecule has 0 atom stereocenters. The predicted octanol–water partition coefficient (Wildman–Crippen LogP) is 2.32. The standard InChI is InChI=1S/C14H23NO/c1-13(2,10-15-14(3,4)11-16)12-8-6-5-7-9-12/h5-9,15-16H,10-11H2,1-4H3. The summed E-state index contributed by atoms with van der Waals surface area (Å²) in [6.07, 6.45) is 0. The molecule has 2 N–H and O–H groups in total. The molecule has 0 radical (unpaired) electrons. The number of aliphatic hydroxyl groups is 1. The van der Waals surface area contributed by atoms with Gasteiger partial charge in [-0.25, -0.2) is 0 Å². The minimum absolute atomic E-state index is 0.0771. The average molecular weight is 221 g/mol. The Morgan fingerprint density at radius 2 is 1.62 bits per heavy atom. The molecule has 0 spiro atoms. The van der Waals surface area contributed by atoms with Crippen LogP contribution < -0.4 is 5.32 Å². The third-order valence-corrected chi connectivity index (χ3v) is 2.96. The highest BCUT2D eigenvalue weighted by atomic mass is 16.3. The van der Waals surface area contributed by atoms with Crippen molar-refractivity contribution in [2.45, 2.75) is 38.6 Å². The molecule has 0 aliphatic rings. The Kier molecular flexibility index (Phi) is 4.11. The lowest BCUT2D eigenvalue weighted by atomic mass is 9.84. The Labute approximate surface area is 98.7 Å². The zero-order chi connectivity index (χ0) is 12.2. The normalized spacial score (nSPS) is 12.8. The van der Waals surface area contributed by atoms with Gasteiger partial charge in [0, 0.05) is 17.5 Å². The molecule has 0 amide bonds. The summed E-state index contributed by atoms with van der Waals surface area (Å²) in [4.78, 5) is 0. The van der Waals surface area contributed by atoms with Crippen molar-refractivity contribution in [2.75, 3.05) is 13.2 Å². The SMILES string of the molecule is CC(C)(CO)NCC(C)(C)c1ccccc1. The molecule has 2 nitrogen and oxygen atoms in total. The van der Waals surface area contributed by atoms with Crippen LogP contribution in [0.3, 0.4) is 0 Å². The van der Waals surface area contributed by atoms with E-state index in [1.807, 2.05) is 19.9 Å². The van der Waals surface area contributed by atoms with E-state index in [4.69, 9.17) is 0 Å². The first-order valence-corrected chi connectivity index (χ1v) is 5.79. The van der Waals surface area contributed by atoms with Gasteiger partial charge in [0.1, 0.15) is 0 Å². The highest BCUT2D eigenvalue weighted by Gasteiger charge is 2.24. The van der Waals surface area contributed by atoms with E-state index in [0.717, 1.165) is 6.54 Å². The predicted molar refractivity (Wildman–Crippen MR) is 68.6 cm³/mol. The minimum Gasteiger partial charge on any atom is -0.394 e. The van der Waals surface area contributed by atoms with E-state index in [9.17, 15) is 5.11 Å². The highest BCUT2D eigenvalue weighted by molar-refractivity contribution is 5.23. The zero-order valence-electron chi connectivity index (χ0n) is 10.7. The van der Waals surface area contributed by atoms with Crippen LogP contribution in [0.5, 0.6) is 0 Å². The van der Waals surface area contributed by atoms with Crippen molar-refractivity contribution in [2.24, 2.45) is 0 Å². The van der Waals surface area contributed by atoms with Gasteiger partial charge < -0.3 is 10.4 Å². The molecular weight excluding hydrogens is 198 g/mol. The van der Waals surface area contributed by atoms with Crippen LogP contribution >= 0.6 is 0 Å². The lowest BCUT2D eigenvalue weighted by Gasteiger charge is -2.32. The summed E-state index contributed by atoms with van der Waals surface area (Å²) in [7, 11) is 0. The summed E-state index contributed by atoms with van der Waals surface area (Å²) in [6.45, 7) is 9.44. The number of aliphatic hydroxyl groups excluding tert-OH is 1. The molecule has 0 aliphatic heterocycles. The zero-order valence-corrected chi connectivity index (χ0v) is 10.7. The van der Waals surface area contributed by atoms with Crippen molar-refractivity contribution in [3.8, 4) is 0 Å². The van der Waals surface area contributed by atoms with Crippen molar-refractivity contribution < 1.29 is 5.11 Å². The lowest BCUT2D eigenvalue weighted by Crippen LogP contribution is -2.48. The Morgan fingerprint density at radius 1 is 1.06 bits per heavy atom. The number of hydrogen-bond donors (Lipinski definition) is 2. The van der Waals surface area contributed by atoms with E-state index in [2.05, 4.69) is 43.4 Å². The third-order valence-electron chi connectivity index (χ3n) is 2.96. The van der Waals surface area contributed by atoms with E-state index in [0.29, 0.717) is 0 Å². The molecule has 1 rings (SSSR count). The maximum absolute atomic E-state index is 9.20. The summed E-state index contributed by atoms with van der Waals surface area (Å²) in [6, 6.07) is 10.5. The van der Waals surface area contributed by atoms with Gasteiger partial charge in [0.25, 0.3) is 0 Å². The Bertz CT molecular complexity index is 317. The summed E-state index contributed by atoms with van der Waals surface area (Å²) in [5, 5.41) is 12.6. The molecule has 1 aromatic rings. The molecule has 0 aromatic heterocycles. The van der Waals surface area contributed by atoms with E-state index in [1.165, 1.54) is 5.56 Å². The van der Waals surface area contributed by atoms with Crippen molar-refractivity contribution >= 4 is 0 Å². The summed E-state index contributed by atoms with van der Waals surface area (Å²) in [5.74, 6) is 0. The van der Waals surface area contributed by atoms with Crippen LogP contribution in [-0.4, -0.2) is 23.8 Å². The molecule has 0 saturated carbocycles. The molecule has 16 heavy (non-hydrogen) atoms. The summed E-state index contributed by atoms with van der Waals surface area (Å²) in [5.41, 5.74) is 1.18. The first kappa shape index (κ1) is 13.2. The van der Waals surface area contributed by atoms with E-state index in [1.54, 1.807) is 0 Å². The fraction of sp³-hybridized carbons (Fsp3) is 0.571. The van der Waals surface area contributed by atoms with Crippen LogP contribution in [-0.2, 0) is 5.41 Å². The molecular formula is C14H23NO. The minimum atomic E-state index is -0.216. The maximum atomic E-state index is 9.20. The van der Waals surface area contributed by atoms with Gasteiger partial charge in [0.15, 0.2) is 0 Å². The lowest BCUT2D eigenvalue weighted by molar-refractivity contribution is 0.181. The van der Waals surface area contributed by atoms with E-state index in [-0.39, 0.29) is 17.6 Å². The number of hydrogen-bond acceptors (Lipinski definition) is 2. The van der Waals surface area contributed by atoms with Gasteiger partial charge in [-0.3, -0.25) is 0 Å². The molecule has 0 unspecified atom stereocenters. The van der Waals surface area contributed by atoms with Crippen molar-refractivity contribution in [1.29, 1.82) is 0 Å². The van der Waals surface area contributed by atoms with Crippen molar-refractivity contribution in [3.63, 3.8) is 0 Å². The first-order chi connectivity index (χ1) is 7.37. The molecule has 0 bridgehead atoms. The van der Waals surface area contributed by atoms with Crippen LogP contribution in [0.25, 0.3) is 0 Å². The fourth-order valence-corrected chi connectivity index (χ4v) is 1.51. The van der Waals surface area contributed by atoms with Gasteiger partial charge in [-0.15, -0.1) is 0 Å². The van der Waals surface area contributed by atoms with Gasteiger partial charge in [-0.05, 0) is 19.4 Å². The molecule has 0 fully saturated rings. The second-order valence-corrected chi connectivity index (χ2v) is 5.65. The summed E-state index contributed by atoms with van der Waals surface area (Å²) < 4.78 is 0. The number of nitrogens with one attached hydrogen (secondary N) is 1. The smallest absolute Gasteiger partial charge is 0.0607 e. The van der Waals surface area contributed by atoms with Crippen LogP contribution in [0.4, 0.5) is 0 Å².